The maximum Gasteiger partial charge on any atom is 0.168 e. The predicted octanol–water partition coefficient (Wildman–Crippen LogP) is 2.84. The van der Waals surface area contributed by atoms with E-state index < -0.39 is 11.9 Å². The summed E-state index contributed by atoms with van der Waals surface area (Å²) >= 11 is 0. The zero-order chi connectivity index (χ0) is 10.7. The lowest BCUT2D eigenvalue weighted by molar-refractivity contribution is 0.418. The van der Waals surface area contributed by atoms with Crippen LogP contribution in [-0.4, -0.2) is 5.11 Å². The number of hydrogen-bond donors (Lipinski definition) is 2. The molecule has 0 amide bonds. The average molecular weight is 232 g/mol. The summed E-state index contributed by atoms with van der Waals surface area (Å²) in [5.41, 5.74) is 6.57. The van der Waals surface area contributed by atoms with Crippen molar-refractivity contribution >= 4 is 12.4 Å². The van der Waals surface area contributed by atoms with Gasteiger partial charge in [-0.05, 0) is 18.9 Å². The summed E-state index contributed by atoms with van der Waals surface area (Å²) in [4.78, 5) is 0. The molecule has 0 aromatic heterocycles. The van der Waals surface area contributed by atoms with Gasteiger partial charge in [-0.25, -0.2) is 4.39 Å². The number of rotatable bonds is 3. The minimum absolute atomic E-state index is 0. The Balaban J connectivity index is 0.00000196. The van der Waals surface area contributed by atoms with Gasteiger partial charge < -0.3 is 10.8 Å². The van der Waals surface area contributed by atoms with Crippen molar-refractivity contribution in [1.82, 2.24) is 0 Å². The summed E-state index contributed by atoms with van der Waals surface area (Å²) in [7, 11) is 0. The van der Waals surface area contributed by atoms with Gasteiger partial charge in [0.2, 0.25) is 0 Å². The van der Waals surface area contributed by atoms with E-state index in [-0.39, 0.29) is 18.2 Å². The molecule has 0 aliphatic rings. The van der Waals surface area contributed by atoms with Gasteiger partial charge in [-0.15, -0.1) is 19.0 Å². The van der Waals surface area contributed by atoms with E-state index in [2.05, 4.69) is 6.58 Å². The standard InChI is InChI=1S/C11H14FNO.ClH/c1-3-4-9(13)8-6-5-7(2)10(12)11(8)14;/h3,5-6,9,14H,1,4,13H2,2H3;1H/t9-;/m1./s1. The fourth-order valence-corrected chi connectivity index (χ4v) is 1.29. The van der Waals surface area contributed by atoms with Crippen LogP contribution >= 0.6 is 12.4 Å². The number of phenols is 1. The number of nitrogens with two attached hydrogens (primary N) is 1. The van der Waals surface area contributed by atoms with Gasteiger partial charge in [0, 0.05) is 11.6 Å². The van der Waals surface area contributed by atoms with E-state index in [1.165, 1.54) is 0 Å². The Morgan fingerprint density at radius 3 is 2.73 bits per heavy atom. The van der Waals surface area contributed by atoms with Crippen LogP contribution in [0.3, 0.4) is 0 Å². The molecule has 0 saturated heterocycles. The molecule has 4 heteroatoms. The first-order valence-corrected chi connectivity index (χ1v) is 4.42. The Bertz CT molecular complexity index is 355. The number of aromatic hydroxyl groups is 1. The van der Waals surface area contributed by atoms with Crippen LogP contribution in [0.25, 0.3) is 0 Å². The zero-order valence-corrected chi connectivity index (χ0v) is 9.35. The van der Waals surface area contributed by atoms with E-state index in [9.17, 15) is 9.50 Å². The van der Waals surface area contributed by atoms with Crippen molar-refractivity contribution in [2.75, 3.05) is 0 Å². The Morgan fingerprint density at radius 1 is 1.60 bits per heavy atom. The molecular weight excluding hydrogens is 217 g/mol. The maximum absolute atomic E-state index is 13.3. The van der Waals surface area contributed by atoms with E-state index in [1.54, 1.807) is 25.1 Å². The second-order valence-electron chi connectivity index (χ2n) is 3.27. The average Bonchev–Trinajstić information content (AvgIpc) is 2.15. The van der Waals surface area contributed by atoms with E-state index >= 15 is 0 Å². The largest absolute Gasteiger partial charge is 0.505 e. The van der Waals surface area contributed by atoms with Crippen LogP contribution in [0.2, 0.25) is 0 Å². The predicted molar refractivity (Wildman–Crippen MR) is 61.8 cm³/mol. The van der Waals surface area contributed by atoms with Crippen LogP contribution in [0.1, 0.15) is 23.6 Å². The minimum Gasteiger partial charge on any atom is -0.505 e. The van der Waals surface area contributed by atoms with Crippen molar-refractivity contribution in [1.29, 1.82) is 0 Å². The molecule has 0 bridgehead atoms. The fraction of sp³-hybridized carbons (Fsp3) is 0.273. The third-order valence-corrected chi connectivity index (χ3v) is 2.16. The third-order valence-electron chi connectivity index (χ3n) is 2.16. The highest BCUT2D eigenvalue weighted by Gasteiger charge is 2.14. The van der Waals surface area contributed by atoms with E-state index in [0.717, 1.165) is 0 Å². The summed E-state index contributed by atoms with van der Waals surface area (Å²) in [5, 5.41) is 9.49. The van der Waals surface area contributed by atoms with Gasteiger partial charge in [-0.3, -0.25) is 0 Å². The van der Waals surface area contributed by atoms with Crippen LogP contribution < -0.4 is 5.73 Å². The second-order valence-corrected chi connectivity index (χ2v) is 3.27. The van der Waals surface area contributed by atoms with Gasteiger partial charge in [0.15, 0.2) is 11.6 Å². The molecule has 0 radical (unpaired) electrons. The summed E-state index contributed by atoms with van der Waals surface area (Å²) < 4.78 is 13.3. The molecule has 1 atom stereocenters. The first kappa shape index (κ1) is 13.9. The highest BCUT2D eigenvalue weighted by atomic mass is 35.5. The molecule has 1 aromatic carbocycles. The monoisotopic (exact) mass is 231 g/mol. The lowest BCUT2D eigenvalue weighted by Crippen LogP contribution is -2.10. The summed E-state index contributed by atoms with van der Waals surface area (Å²) in [5.74, 6) is -0.943. The number of halogens is 2. The van der Waals surface area contributed by atoms with Crippen molar-refractivity contribution in [3.63, 3.8) is 0 Å². The van der Waals surface area contributed by atoms with Gasteiger partial charge >= 0.3 is 0 Å². The highest BCUT2D eigenvalue weighted by molar-refractivity contribution is 5.85. The minimum atomic E-state index is -0.595. The molecule has 0 spiro atoms. The van der Waals surface area contributed by atoms with Crippen molar-refractivity contribution in [3.05, 3.63) is 41.7 Å². The van der Waals surface area contributed by atoms with Crippen LogP contribution in [0.4, 0.5) is 4.39 Å². The Labute approximate surface area is 95.0 Å². The van der Waals surface area contributed by atoms with Crippen molar-refractivity contribution in [3.8, 4) is 5.75 Å². The van der Waals surface area contributed by atoms with Crippen molar-refractivity contribution < 1.29 is 9.50 Å². The first-order chi connectivity index (χ1) is 6.57. The zero-order valence-electron chi connectivity index (χ0n) is 8.53. The van der Waals surface area contributed by atoms with Gasteiger partial charge in [-0.1, -0.05) is 18.2 Å². The van der Waals surface area contributed by atoms with Crippen LogP contribution in [0.15, 0.2) is 24.8 Å². The number of hydrogen-bond acceptors (Lipinski definition) is 2. The molecule has 3 N–H and O–H groups in total. The molecule has 0 aliphatic heterocycles. The summed E-state index contributed by atoms with van der Waals surface area (Å²) in [6.07, 6.45) is 2.15. The summed E-state index contributed by atoms with van der Waals surface area (Å²) in [6, 6.07) is 2.84. The van der Waals surface area contributed by atoms with E-state index in [0.29, 0.717) is 17.5 Å². The Hall–Kier alpha value is -1.06. The van der Waals surface area contributed by atoms with E-state index in [4.69, 9.17) is 5.73 Å². The lowest BCUT2D eigenvalue weighted by Gasteiger charge is -2.12. The number of aryl methyl sites for hydroxylation is 1. The topological polar surface area (TPSA) is 46.2 Å². The van der Waals surface area contributed by atoms with Crippen LogP contribution in [-0.2, 0) is 0 Å². The van der Waals surface area contributed by atoms with Crippen LogP contribution in [0.5, 0.6) is 5.75 Å². The molecule has 0 saturated carbocycles. The SMILES string of the molecule is C=CC[C@@H](N)c1ccc(C)c(F)c1O.Cl. The number of phenolic OH excluding ortho intramolecular Hbond substituents is 1. The molecule has 1 aromatic rings. The maximum atomic E-state index is 13.3. The molecule has 0 aliphatic carbocycles. The lowest BCUT2D eigenvalue weighted by atomic mass is 10.0. The molecular formula is C11H15ClFNO. The van der Waals surface area contributed by atoms with Crippen LogP contribution in [0, 0.1) is 12.7 Å². The van der Waals surface area contributed by atoms with Gasteiger partial charge in [0.1, 0.15) is 0 Å². The Kier molecular flexibility index (Phi) is 5.33. The quantitative estimate of drug-likeness (QED) is 0.786. The fourth-order valence-electron chi connectivity index (χ4n) is 1.29. The van der Waals surface area contributed by atoms with Gasteiger partial charge in [-0.2, -0.15) is 0 Å². The molecule has 2 nitrogen and oxygen atoms in total. The molecule has 0 unspecified atom stereocenters. The van der Waals surface area contributed by atoms with Gasteiger partial charge in [0.25, 0.3) is 0 Å². The highest BCUT2D eigenvalue weighted by Crippen LogP contribution is 2.29. The molecule has 84 valence electrons. The molecule has 1 rings (SSSR count). The van der Waals surface area contributed by atoms with Crippen molar-refractivity contribution in [2.24, 2.45) is 5.73 Å². The Morgan fingerprint density at radius 2 is 2.20 bits per heavy atom. The first-order valence-electron chi connectivity index (χ1n) is 4.42. The number of benzene rings is 1. The molecule has 0 heterocycles. The van der Waals surface area contributed by atoms with E-state index in [1.807, 2.05) is 0 Å². The normalized spacial score (nSPS) is 11.7. The summed E-state index contributed by atoms with van der Waals surface area (Å²) in [6.45, 7) is 5.14. The van der Waals surface area contributed by atoms with Gasteiger partial charge in [0.05, 0.1) is 0 Å². The smallest absolute Gasteiger partial charge is 0.168 e. The molecule has 15 heavy (non-hydrogen) atoms. The third kappa shape index (κ3) is 2.94. The van der Waals surface area contributed by atoms with Crippen molar-refractivity contribution in [2.45, 2.75) is 19.4 Å². The second kappa shape index (κ2) is 5.73. The molecule has 0 fully saturated rings.